The summed E-state index contributed by atoms with van der Waals surface area (Å²) in [6, 6.07) is 3.20. The van der Waals surface area contributed by atoms with E-state index in [1.165, 1.54) is 6.07 Å². The number of carbonyl (C=O) groups is 1. The van der Waals surface area contributed by atoms with Gasteiger partial charge in [-0.3, -0.25) is 0 Å². The molecule has 3 nitrogen and oxygen atoms in total. The van der Waals surface area contributed by atoms with Crippen molar-refractivity contribution in [3.8, 4) is 0 Å². The third-order valence-electron chi connectivity index (χ3n) is 1.87. The van der Waals surface area contributed by atoms with Crippen LogP contribution in [0.25, 0.3) is 0 Å². The summed E-state index contributed by atoms with van der Waals surface area (Å²) in [6.45, 7) is 0. The van der Waals surface area contributed by atoms with Gasteiger partial charge in [-0.1, -0.05) is 6.07 Å². The number of aliphatic carboxylic acids is 1. The monoisotopic (exact) mass is 346 g/mol. The molecule has 1 atom stereocenters. The third-order valence-corrected chi connectivity index (χ3v) is 2.81. The summed E-state index contributed by atoms with van der Waals surface area (Å²) in [6.07, 6.45) is -6.86. The molecule has 7 heteroatoms. The number of aliphatic hydroxyl groups is 1. The van der Waals surface area contributed by atoms with Crippen molar-refractivity contribution in [2.24, 2.45) is 0 Å². The fourth-order valence-electron chi connectivity index (χ4n) is 1.19. The van der Waals surface area contributed by atoms with E-state index in [0.717, 1.165) is 12.1 Å². The molecule has 0 aliphatic carbocycles. The van der Waals surface area contributed by atoms with E-state index in [1.807, 2.05) is 0 Å². The van der Waals surface area contributed by atoms with Gasteiger partial charge < -0.3 is 10.2 Å². The largest absolute Gasteiger partial charge is 0.479 e. The van der Waals surface area contributed by atoms with Crippen LogP contribution in [0.1, 0.15) is 17.2 Å². The van der Waals surface area contributed by atoms with Crippen LogP contribution >= 0.6 is 22.6 Å². The number of benzene rings is 1. The summed E-state index contributed by atoms with van der Waals surface area (Å²) in [4.78, 5) is 10.5. The zero-order valence-electron chi connectivity index (χ0n) is 7.62. The smallest absolute Gasteiger partial charge is 0.416 e. The first kappa shape index (κ1) is 13.2. The Kier molecular flexibility index (Phi) is 3.79. The summed E-state index contributed by atoms with van der Waals surface area (Å²) in [7, 11) is 0. The fourth-order valence-corrected chi connectivity index (χ4v) is 1.98. The normalized spacial score (nSPS) is 13.6. The molecule has 0 bridgehead atoms. The zero-order chi connectivity index (χ0) is 12.5. The van der Waals surface area contributed by atoms with Gasteiger partial charge >= 0.3 is 12.1 Å². The van der Waals surface area contributed by atoms with Crippen LogP contribution in [0.4, 0.5) is 13.2 Å². The van der Waals surface area contributed by atoms with Crippen LogP contribution in [0, 0.1) is 3.57 Å². The quantitative estimate of drug-likeness (QED) is 0.809. The van der Waals surface area contributed by atoms with Crippen LogP contribution in [0.3, 0.4) is 0 Å². The molecule has 0 heterocycles. The van der Waals surface area contributed by atoms with E-state index in [9.17, 15) is 23.1 Å². The summed E-state index contributed by atoms with van der Waals surface area (Å²) >= 11 is 1.55. The van der Waals surface area contributed by atoms with E-state index in [1.54, 1.807) is 22.6 Å². The van der Waals surface area contributed by atoms with Crippen LogP contribution in [-0.4, -0.2) is 16.2 Å². The van der Waals surface area contributed by atoms with Crippen molar-refractivity contribution < 1.29 is 28.2 Å². The van der Waals surface area contributed by atoms with Crippen molar-refractivity contribution in [1.29, 1.82) is 0 Å². The standard InChI is InChI=1S/C9H6F3IO3/c10-9(11,12)4-2-1-3-5(13)6(4)7(14)8(15)16/h1-3,7,14H,(H,15,16). The molecular weight excluding hydrogens is 340 g/mol. The molecule has 1 unspecified atom stereocenters. The molecule has 0 aromatic heterocycles. The third kappa shape index (κ3) is 2.64. The van der Waals surface area contributed by atoms with E-state index in [-0.39, 0.29) is 3.57 Å². The molecule has 0 spiro atoms. The lowest BCUT2D eigenvalue weighted by Crippen LogP contribution is -2.18. The molecule has 0 saturated heterocycles. The van der Waals surface area contributed by atoms with Crippen molar-refractivity contribution in [3.63, 3.8) is 0 Å². The molecular formula is C9H6F3IO3. The van der Waals surface area contributed by atoms with Gasteiger partial charge in [-0.2, -0.15) is 13.2 Å². The number of rotatable bonds is 2. The number of alkyl halides is 3. The first-order chi connectivity index (χ1) is 7.25. The van der Waals surface area contributed by atoms with E-state index in [0.29, 0.717) is 0 Å². The Morgan fingerprint density at radius 3 is 2.38 bits per heavy atom. The SMILES string of the molecule is O=C(O)C(O)c1c(I)cccc1C(F)(F)F. The van der Waals surface area contributed by atoms with Gasteiger partial charge in [0.15, 0.2) is 6.10 Å². The van der Waals surface area contributed by atoms with Gasteiger partial charge in [0.1, 0.15) is 0 Å². The highest BCUT2D eigenvalue weighted by atomic mass is 127. The van der Waals surface area contributed by atoms with Gasteiger partial charge in [0, 0.05) is 9.13 Å². The highest BCUT2D eigenvalue weighted by Gasteiger charge is 2.37. The lowest BCUT2D eigenvalue weighted by atomic mass is 10.0. The maximum Gasteiger partial charge on any atom is 0.416 e. The van der Waals surface area contributed by atoms with Gasteiger partial charge in [-0.05, 0) is 34.7 Å². The Morgan fingerprint density at radius 1 is 1.38 bits per heavy atom. The molecule has 1 rings (SSSR count). The molecule has 1 aromatic carbocycles. The number of hydrogen-bond acceptors (Lipinski definition) is 2. The van der Waals surface area contributed by atoms with Crippen LogP contribution in [0.15, 0.2) is 18.2 Å². The first-order valence-corrected chi connectivity index (χ1v) is 5.09. The second-order valence-corrected chi connectivity index (χ2v) is 4.10. The predicted octanol–water partition coefficient (Wildman–Crippen LogP) is 2.43. The molecule has 0 aliphatic rings. The Bertz CT molecular complexity index is 417. The molecule has 16 heavy (non-hydrogen) atoms. The number of halogens is 4. The van der Waals surface area contributed by atoms with Crippen molar-refractivity contribution in [3.05, 3.63) is 32.9 Å². The van der Waals surface area contributed by atoms with Crippen molar-refractivity contribution >= 4 is 28.6 Å². The molecule has 0 fully saturated rings. The minimum atomic E-state index is -4.69. The Morgan fingerprint density at radius 2 is 1.94 bits per heavy atom. The van der Waals surface area contributed by atoms with Gasteiger partial charge in [0.25, 0.3) is 0 Å². The molecule has 1 aromatic rings. The Balaban J connectivity index is 3.41. The molecule has 0 aliphatic heterocycles. The van der Waals surface area contributed by atoms with Gasteiger partial charge in [-0.15, -0.1) is 0 Å². The Hall–Kier alpha value is -0.830. The van der Waals surface area contributed by atoms with Crippen molar-refractivity contribution in [1.82, 2.24) is 0 Å². The van der Waals surface area contributed by atoms with Crippen LogP contribution < -0.4 is 0 Å². The first-order valence-electron chi connectivity index (χ1n) is 4.01. The highest BCUT2D eigenvalue weighted by Crippen LogP contribution is 2.36. The zero-order valence-corrected chi connectivity index (χ0v) is 9.78. The van der Waals surface area contributed by atoms with Crippen molar-refractivity contribution in [2.45, 2.75) is 12.3 Å². The van der Waals surface area contributed by atoms with Crippen molar-refractivity contribution in [2.75, 3.05) is 0 Å². The summed E-state index contributed by atoms with van der Waals surface area (Å²) < 4.78 is 37.7. The van der Waals surface area contributed by atoms with Crippen LogP contribution in [0.5, 0.6) is 0 Å². The maximum absolute atomic E-state index is 12.5. The lowest BCUT2D eigenvalue weighted by molar-refractivity contribution is -0.149. The minimum Gasteiger partial charge on any atom is -0.479 e. The van der Waals surface area contributed by atoms with Gasteiger partial charge in [0.2, 0.25) is 0 Å². The molecule has 88 valence electrons. The van der Waals surface area contributed by atoms with Crippen LogP contribution in [0.2, 0.25) is 0 Å². The summed E-state index contributed by atoms with van der Waals surface area (Å²) in [5.41, 5.74) is -1.75. The highest BCUT2D eigenvalue weighted by molar-refractivity contribution is 14.1. The fraction of sp³-hybridized carbons (Fsp3) is 0.222. The summed E-state index contributed by atoms with van der Waals surface area (Å²) in [5, 5.41) is 17.7. The average molecular weight is 346 g/mol. The summed E-state index contributed by atoms with van der Waals surface area (Å²) in [5.74, 6) is -1.71. The number of carboxylic acids is 1. The minimum absolute atomic E-state index is 0.0577. The van der Waals surface area contributed by atoms with E-state index < -0.39 is 29.4 Å². The average Bonchev–Trinajstić information content (AvgIpc) is 2.14. The second kappa shape index (κ2) is 4.58. The number of hydrogen-bond donors (Lipinski definition) is 2. The number of carboxylic acid groups (broad SMARTS) is 1. The van der Waals surface area contributed by atoms with Gasteiger partial charge in [0.05, 0.1) is 5.56 Å². The van der Waals surface area contributed by atoms with Crippen LogP contribution in [-0.2, 0) is 11.0 Å². The predicted molar refractivity (Wildman–Crippen MR) is 56.8 cm³/mol. The second-order valence-electron chi connectivity index (χ2n) is 2.94. The van der Waals surface area contributed by atoms with E-state index in [2.05, 4.69) is 0 Å². The molecule has 0 radical (unpaired) electrons. The molecule has 0 amide bonds. The van der Waals surface area contributed by atoms with Gasteiger partial charge in [-0.25, -0.2) is 4.79 Å². The van der Waals surface area contributed by atoms with E-state index >= 15 is 0 Å². The Labute approximate surface area is 102 Å². The molecule has 2 N–H and O–H groups in total. The number of aliphatic hydroxyl groups excluding tert-OH is 1. The topological polar surface area (TPSA) is 57.5 Å². The molecule has 0 saturated carbocycles. The lowest BCUT2D eigenvalue weighted by Gasteiger charge is -2.16. The van der Waals surface area contributed by atoms with E-state index in [4.69, 9.17) is 5.11 Å². The maximum atomic E-state index is 12.5.